The van der Waals surface area contributed by atoms with E-state index in [0.717, 1.165) is 27.9 Å². The van der Waals surface area contributed by atoms with Crippen molar-refractivity contribution < 1.29 is 9.84 Å². The fourth-order valence-electron chi connectivity index (χ4n) is 2.34. The van der Waals surface area contributed by atoms with Crippen LogP contribution in [0.15, 0.2) is 54.7 Å². The van der Waals surface area contributed by atoms with Crippen molar-refractivity contribution in [1.29, 1.82) is 0 Å². The van der Waals surface area contributed by atoms with Gasteiger partial charge in [-0.3, -0.25) is 0 Å². The van der Waals surface area contributed by atoms with E-state index in [-0.39, 0.29) is 6.61 Å². The molecule has 0 fully saturated rings. The fourth-order valence-corrected chi connectivity index (χ4v) is 2.34. The van der Waals surface area contributed by atoms with Gasteiger partial charge in [0.05, 0.1) is 24.9 Å². The van der Waals surface area contributed by atoms with Crippen LogP contribution in [0.5, 0.6) is 5.75 Å². The van der Waals surface area contributed by atoms with Gasteiger partial charge in [-0.2, -0.15) is 0 Å². The van der Waals surface area contributed by atoms with Gasteiger partial charge >= 0.3 is 0 Å². The van der Waals surface area contributed by atoms with E-state index < -0.39 is 0 Å². The van der Waals surface area contributed by atoms with E-state index in [1.54, 1.807) is 7.11 Å². The Balaban J connectivity index is 2.20. The molecule has 2 aromatic carbocycles. The number of ether oxygens (including phenoxy) is 1. The summed E-state index contributed by atoms with van der Waals surface area (Å²) in [5.41, 5.74) is 3.02. The molecule has 3 rings (SSSR count). The summed E-state index contributed by atoms with van der Waals surface area (Å²) in [7, 11) is 1.67. The van der Waals surface area contributed by atoms with Crippen molar-refractivity contribution in [3.05, 3.63) is 60.3 Å². The highest BCUT2D eigenvalue weighted by Gasteiger charge is 2.07. The third kappa shape index (κ3) is 1.98. The SMILES string of the molecule is COc1ccc2c(ccn2-c2ccccc2CO)c1. The van der Waals surface area contributed by atoms with E-state index >= 15 is 0 Å². The van der Waals surface area contributed by atoms with Crippen molar-refractivity contribution in [2.24, 2.45) is 0 Å². The number of aliphatic hydroxyl groups excluding tert-OH is 1. The highest BCUT2D eigenvalue weighted by molar-refractivity contribution is 5.83. The summed E-state index contributed by atoms with van der Waals surface area (Å²) in [5.74, 6) is 0.848. The molecule has 0 radical (unpaired) electrons. The van der Waals surface area contributed by atoms with Gasteiger partial charge in [0.2, 0.25) is 0 Å². The van der Waals surface area contributed by atoms with Gasteiger partial charge in [0.15, 0.2) is 0 Å². The number of nitrogens with zero attached hydrogens (tertiary/aromatic N) is 1. The molecule has 3 nitrogen and oxygen atoms in total. The Morgan fingerprint density at radius 3 is 2.74 bits per heavy atom. The van der Waals surface area contributed by atoms with Crippen molar-refractivity contribution in [2.45, 2.75) is 6.61 Å². The number of benzene rings is 2. The normalized spacial score (nSPS) is 10.8. The number of aliphatic hydroxyl groups is 1. The highest BCUT2D eigenvalue weighted by atomic mass is 16.5. The van der Waals surface area contributed by atoms with E-state index in [1.165, 1.54) is 0 Å². The number of hydrogen-bond donors (Lipinski definition) is 1. The maximum atomic E-state index is 9.44. The Morgan fingerprint density at radius 2 is 1.95 bits per heavy atom. The minimum absolute atomic E-state index is 0.0337. The van der Waals surface area contributed by atoms with Crippen molar-refractivity contribution >= 4 is 10.9 Å². The molecule has 0 saturated heterocycles. The van der Waals surface area contributed by atoms with Crippen LogP contribution in [0.3, 0.4) is 0 Å². The first-order valence-corrected chi connectivity index (χ1v) is 6.17. The van der Waals surface area contributed by atoms with Gasteiger partial charge in [-0.05, 0) is 30.3 Å². The van der Waals surface area contributed by atoms with Gasteiger partial charge in [-0.15, -0.1) is 0 Å². The third-order valence-corrected chi connectivity index (χ3v) is 3.32. The highest BCUT2D eigenvalue weighted by Crippen LogP contribution is 2.26. The van der Waals surface area contributed by atoms with Gasteiger partial charge in [0, 0.05) is 17.1 Å². The second kappa shape index (κ2) is 4.78. The minimum atomic E-state index is 0.0337. The molecule has 0 spiro atoms. The van der Waals surface area contributed by atoms with Crippen LogP contribution in [0.2, 0.25) is 0 Å². The van der Waals surface area contributed by atoms with Crippen LogP contribution in [0.25, 0.3) is 16.6 Å². The lowest BCUT2D eigenvalue weighted by molar-refractivity contribution is 0.281. The van der Waals surface area contributed by atoms with E-state index in [4.69, 9.17) is 4.74 Å². The Bertz CT molecular complexity index is 716. The van der Waals surface area contributed by atoms with Crippen LogP contribution in [0, 0.1) is 0 Å². The zero-order chi connectivity index (χ0) is 13.2. The molecule has 0 unspecified atom stereocenters. The van der Waals surface area contributed by atoms with Crippen LogP contribution in [0.1, 0.15) is 5.56 Å². The molecule has 19 heavy (non-hydrogen) atoms. The van der Waals surface area contributed by atoms with Crippen molar-refractivity contribution in [3.63, 3.8) is 0 Å². The lowest BCUT2D eigenvalue weighted by Crippen LogP contribution is -1.97. The maximum Gasteiger partial charge on any atom is 0.119 e. The lowest BCUT2D eigenvalue weighted by atomic mass is 10.2. The Hall–Kier alpha value is -2.26. The van der Waals surface area contributed by atoms with Gasteiger partial charge in [-0.1, -0.05) is 18.2 Å². The third-order valence-electron chi connectivity index (χ3n) is 3.32. The number of fused-ring (bicyclic) bond motifs is 1. The first-order chi connectivity index (χ1) is 9.33. The molecule has 1 heterocycles. The van der Waals surface area contributed by atoms with Gasteiger partial charge in [0.25, 0.3) is 0 Å². The van der Waals surface area contributed by atoms with Crippen molar-refractivity contribution in [1.82, 2.24) is 4.57 Å². The molecule has 0 bridgehead atoms. The molecular weight excluding hydrogens is 238 g/mol. The van der Waals surface area contributed by atoms with Gasteiger partial charge < -0.3 is 14.4 Å². The predicted octanol–water partition coefficient (Wildman–Crippen LogP) is 3.13. The topological polar surface area (TPSA) is 34.4 Å². The van der Waals surface area contributed by atoms with E-state index in [0.29, 0.717) is 0 Å². The van der Waals surface area contributed by atoms with Crippen LogP contribution < -0.4 is 4.74 Å². The van der Waals surface area contributed by atoms with E-state index in [9.17, 15) is 5.11 Å². The molecule has 3 heteroatoms. The van der Waals surface area contributed by atoms with Crippen LogP contribution in [0.4, 0.5) is 0 Å². The lowest BCUT2D eigenvalue weighted by Gasteiger charge is -2.10. The molecule has 0 saturated carbocycles. The molecule has 96 valence electrons. The molecule has 1 N–H and O–H groups in total. The van der Waals surface area contributed by atoms with Gasteiger partial charge in [0.1, 0.15) is 5.75 Å². The maximum absolute atomic E-state index is 9.44. The molecule has 0 aliphatic carbocycles. The standard InChI is InChI=1S/C16H15NO2/c1-19-14-6-7-16-12(10-14)8-9-17(16)15-5-3-2-4-13(15)11-18/h2-10,18H,11H2,1H3. The van der Waals surface area contributed by atoms with E-state index in [2.05, 4.69) is 4.57 Å². The largest absolute Gasteiger partial charge is 0.497 e. The molecule has 3 aromatic rings. The molecule has 0 atom stereocenters. The zero-order valence-corrected chi connectivity index (χ0v) is 10.7. The summed E-state index contributed by atoms with van der Waals surface area (Å²) >= 11 is 0. The first kappa shape index (κ1) is 11.8. The number of methoxy groups -OCH3 is 1. The Labute approximate surface area is 111 Å². The Kier molecular flexibility index (Phi) is 2.97. The summed E-state index contributed by atoms with van der Waals surface area (Å²) < 4.78 is 7.32. The molecular formula is C16H15NO2. The van der Waals surface area contributed by atoms with Crippen LogP contribution in [-0.2, 0) is 6.61 Å². The van der Waals surface area contributed by atoms with Crippen LogP contribution in [-0.4, -0.2) is 16.8 Å². The Morgan fingerprint density at radius 1 is 1.11 bits per heavy atom. The molecule has 0 aliphatic rings. The minimum Gasteiger partial charge on any atom is -0.497 e. The second-order valence-corrected chi connectivity index (χ2v) is 4.40. The van der Waals surface area contributed by atoms with Crippen LogP contribution >= 0.6 is 0 Å². The first-order valence-electron chi connectivity index (χ1n) is 6.17. The number of aromatic nitrogens is 1. The van der Waals surface area contributed by atoms with Crippen molar-refractivity contribution in [3.8, 4) is 11.4 Å². The predicted molar refractivity (Wildman–Crippen MR) is 75.7 cm³/mol. The summed E-state index contributed by atoms with van der Waals surface area (Å²) in [4.78, 5) is 0. The summed E-state index contributed by atoms with van der Waals surface area (Å²) in [6.45, 7) is 0.0337. The summed E-state index contributed by atoms with van der Waals surface area (Å²) in [6.07, 6.45) is 2.01. The molecule has 0 amide bonds. The van der Waals surface area contributed by atoms with E-state index in [1.807, 2.05) is 54.7 Å². The summed E-state index contributed by atoms with van der Waals surface area (Å²) in [6, 6.07) is 15.9. The number of hydrogen-bond acceptors (Lipinski definition) is 2. The fraction of sp³-hybridized carbons (Fsp3) is 0.125. The monoisotopic (exact) mass is 253 g/mol. The van der Waals surface area contributed by atoms with Crippen molar-refractivity contribution in [2.75, 3.05) is 7.11 Å². The zero-order valence-electron chi connectivity index (χ0n) is 10.7. The quantitative estimate of drug-likeness (QED) is 0.778. The smallest absolute Gasteiger partial charge is 0.119 e. The van der Waals surface area contributed by atoms with Gasteiger partial charge in [-0.25, -0.2) is 0 Å². The average molecular weight is 253 g/mol. The second-order valence-electron chi connectivity index (χ2n) is 4.40. The number of para-hydroxylation sites is 1. The number of rotatable bonds is 3. The summed E-state index contributed by atoms with van der Waals surface area (Å²) in [5, 5.41) is 10.6. The molecule has 0 aliphatic heterocycles. The molecule has 1 aromatic heterocycles. The average Bonchev–Trinajstić information content (AvgIpc) is 2.89.